The van der Waals surface area contributed by atoms with Crippen LogP contribution in [0.4, 0.5) is 11.6 Å². The van der Waals surface area contributed by atoms with Gasteiger partial charge < -0.3 is 15.8 Å². The number of nitrogens with one attached hydrogen (secondary N) is 1. The van der Waals surface area contributed by atoms with Gasteiger partial charge >= 0.3 is 0 Å². The molecule has 0 spiro atoms. The van der Waals surface area contributed by atoms with Crippen LogP contribution in [0.25, 0.3) is 0 Å². The van der Waals surface area contributed by atoms with Gasteiger partial charge in [-0.1, -0.05) is 6.42 Å². The fourth-order valence-electron chi connectivity index (χ4n) is 1.81. The van der Waals surface area contributed by atoms with Crippen molar-refractivity contribution in [3.63, 3.8) is 0 Å². The molecule has 0 aliphatic heterocycles. The van der Waals surface area contributed by atoms with Gasteiger partial charge in [0.05, 0.1) is 0 Å². The van der Waals surface area contributed by atoms with Gasteiger partial charge in [0.15, 0.2) is 5.82 Å². The molecule has 1 heterocycles. The van der Waals surface area contributed by atoms with Gasteiger partial charge in [-0.2, -0.15) is 0 Å². The Labute approximate surface area is 102 Å². The largest absolute Gasteiger partial charge is 0.384 e. The summed E-state index contributed by atoms with van der Waals surface area (Å²) in [5, 5.41) is 3.32. The minimum Gasteiger partial charge on any atom is -0.384 e. The molecule has 2 rings (SSSR count). The summed E-state index contributed by atoms with van der Waals surface area (Å²) in [6, 6.07) is 1.77. The highest BCUT2D eigenvalue weighted by atomic mass is 16.5. The number of ether oxygens (including phenoxy) is 1. The van der Waals surface area contributed by atoms with Crippen molar-refractivity contribution in [3.05, 3.63) is 11.9 Å². The number of hydrogen-bond acceptors (Lipinski definition) is 5. The van der Waals surface area contributed by atoms with E-state index in [-0.39, 0.29) is 0 Å². The molecule has 3 N–H and O–H groups in total. The van der Waals surface area contributed by atoms with Gasteiger partial charge in [0, 0.05) is 19.2 Å². The Hall–Kier alpha value is -1.36. The van der Waals surface area contributed by atoms with Crippen molar-refractivity contribution in [2.75, 3.05) is 24.2 Å². The zero-order valence-electron chi connectivity index (χ0n) is 10.3. The molecule has 0 unspecified atom stereocenters. The third-order valence-electron chi connectivity index (χ3n) is 3.02. The number of rotatable bonds is 6. The van der Waals surface area contributed by atoms with E-state index in [1.807, 2.05) is 6.92 Å². The molecule has 0 bridgehead atoms. The molecular formula is C12H20N4O. The van der Waals surface area contributed by atoms with E-state index >= 15 is 0 Å². The average Bonchev–Trinajstić information content (AvgIpc) is 2.23. The minimum atomic E-state index is 0.416. The van der Waals surface area contributed by atoms with Gasteiger partial charge in [-0.05, 0) is 25.7 Å². The Balaban J connectivity index is 1.92. The first-order chi connectivity index (χ1) is 8.28. The van der Waals surface area contributed by atoms with Crippen LogP contribution in [0.5, 0.6) is 0 Å². The van der Waals surface area contributed by atoms with Crippen LogP contribution in [0.3, 0.4) is 0 Å². The fraction of sp³-hybridized carbons (Fsp3) is 0.667. The highest BCUT2D eigenvalue weighted by Gasteiger charge is 2.17. The highest BCUT2D eigenvalue weighted by Crippen LogP contribution is 2.26. The molecule has 5 nitrogen and oxygen atoms in total. The molecule has 94 valence electrons. The molecule has 17 heavy (non-hydrogen) atoms. The Kier molecular flexibility index (Phi) is 4.14. The first-order valence-electron chi connectivity index (χ1n) is 6.23. The van der Waals surface area contributed by atoms with Gasteiger partial charge in [-0.25, -0.2) is 9.97 Å². The molecule has 1 aliphatic carbocycles. The van der Waals surface area contributed by atoms with Crippen molar-refractivity contribution in [3.8, 4) is 0 Å². The zero-order valence-corrected chi connectivity index (χ0v) is 10.3. The number of nitrogen functional groups attached to an aromatic ring is 1. The van der Waals surface area contributed by atoms with Crippen LogP contribution in [0.15, 0.2) is 6.07 Å². The molecular weight excluding hydrogens is 216 g/mol. The van der Waals surface area contributed by atoms with E-state index in [1.54, 1.807) is 6.07 Å². The molecule has 0 saturated heterocycles. The summed E-state index contributed by atoms with van der Waals surface area (Å²) in [6.45, 7) is 4.00. The summed E-state index contributed by atoms with van der Waals surface area (Å²) in [4.78, 5) is 8.51. The molecule has 1 fully saturated rings. The Bertz CT molecular complexity index is 366. The highest BCUT2D eigenvalue weighted by molar-refractivity contribution is 5.44. The van der Waals surface area contributed by atoms with Crippen molar-refractivity contribution in [1.29, 1.82) is 0 Å². The van der Waals surface area contributed by atoms with E-state index in [4.69, 9.17) is 10.5 Å². The summed E-state index contributed by atoms with van der Waals surface area (Å²) in [6.07, 6.45) is 3.99. The van der Waals surface area contributed by atoms with Crippen LogP contribution in [0, 0.1) is 5.92 Å². The van der Waals surface area contributed by atoms with Crippen LogP contribution < -0.4 is 11.1 Å². The molecule has 1 aliphatic rings. The molecule has 0 amide bonds. The van der Waals surface area contributed by atoms with Gasteiger partial charge in [0.2, 0.25) is 0 Å². The van der Waals surface area contributed by atoms with E-state index in [1.165, 1.54) is 19.3 Å². The predicted molar refractivity (Wildman–Crippen MR) is 67.6 cm³/mol. The lowest BCUT2D eigenvalue weighted by Gasteiger charge is -2.25. The predicted octanol–water partition coefficient (Wildman–Crippen LogP) is 1.81. The Morgan fingerprint density at radius 2 is 2.29 bits per heavy atom. The number of nitrogens with zero attached hydrogens (tertiary/aromatic N) is 2. The number of hydrogen-bond donors (Lipinski definition) is 2. The maximum absolute atomic E-state index is 5.74. The molecule has 5 heteroatoms. The standard InChI is InChI=1S/C12H20N4O/c1-2-17-8-12-15-10(13)6-11(16-12)14-7-9-4-3-5-9/h6,9H,2-5,7-8H2,1H3,(H3,13,14,15,16). The lowest BCUT2D eigenvalue weighted by molar-refractivity contribution is 0.128. The van der Waals surface area contributed by atoms with Crippen molar-refractivity contribution >= 4 is 11.6 Å². The quantitative estimate of drug-likeness (QED) is 0.788. The fourth-order valence-corrected chi connectivity index (χ4v) is 1.81. The van der Waals surface area contributed by atoms with Crippen molar-refractivity contribution < 1.29 is 4.74 Å². The number of anilines is 2. The summed E-state index contributed by atoms with van der Waals surface area (Å²) in [5.41, 5.74) is 5.74. The van der Waals surface area contributed by atoms with E-state index in [0.29, 0.717) is 24.9 Å². The Morgan fingerprint density at radius 3 is 2.94 bits per heavy atom. The second-order valence-electron chi connectivity index (χ2n) is 4.41. The summed E-state index contributed by atoms with van der Waals surface area (Å²) >= 11 is 0. The lowest BCUT2D eigenvalue weighted by atomic mass is 9.85. The van der Waals surface area contributed by atoms with E-state index in [9.17, 15) is 0 Å². The third kappa shape index (κ3) is 3.56. The van der Waals surface area contributed by atoms with Crippen LogP contribution in [0.1, 0.15) is 32.0 Å². The Morgan fingerprint density at radius 1 is 1.47 bits per heavy atom. The molecule has 1 aromatic heterocycles. The molecule has 0 atom stereocenters. The van der Waals surface area contributed by atoms with Crippen LogP contribution >= 0.6 is 0 Å². The summed E-state index contributed by atoms with van der Waals surface area (Å²) in [7, 11) is 0. The van der Waals surface area contributed by atoms with Crippen molar-refractivity contribution in [2.24, 2.45) is 5.92 Å². The normalized spacial score (nSPS) is 15.6. The minimum absolute atomic E-state index is 0.416. The van der Waals surface area contributed by atoms with Gasteiger partial charge in [-0.3, -0.25) is 0 Å². The molecule has 1 saturated carbocycles. The maximum Gasteiger partial charge on any atom is 0.158 e. The number of aromatic nitrogens is 2. The topological polar surface area (TPSA) is 73.1 Å². The van der Waals surface area contributed by atoms with Crippen LogP contribution in [-0.2, 0) is 11.3 Å². The summed E-state index contributed by atoms with van der Waals surface area (Å²) in [5.74, 6) is 2.73. The van der Waals surface area contributed by atoms with E-state index in [0.717, 1.165) is 18.3 Å². The second kappa shape index (κ2) is 5.82. The number of nitrogens with two attached hydrogens (primary N) is 1. The van der Waals surface area contributed by atoms with Crippen LogP contribution in [0.2, 0.25) is 0 Å². The van der Waals surface area contributed by atoms with Gasteiger partial charge in [0.1, 0.15) is 18.2 Å². The monoisotopic (exact) mass is 236 g/mol. The first kappa shape index (κ1) is 12.1. The second-order valence-corrected chi connectivity index (χ2v) is 4.41. The molecule has 0 radical (unpaired) electrons. The smallest absolute Gasteiger partial charge is 0.158 e. The lowest BCUT2D eigenvalue weighted by Crippen LogP contribution is -2.21. The first-order valence-corrected chi connectivity index (χ1v) is 6.23. The van der Waals surface area contributed by atoms with E-state index in [2.05, 4.69) is 15.3 Å². The SMILES string of the molecule is CCOCc1nc(N)cc(NCC2CCC2)n1. The zero-order chi connectivity index (χ0) is 12.1. The van der Waals surface area contributed by atoms with Crippen molar-refractivity contribution in [2.45, 2.75) is 32.8 Å². The van der Waals surface area contributed by atoms with Crippen LogP contribution in [-0.4, -0.2) is 23.1 Å². The van der Waals surface area contributed by atoms with E-state index < -0.39 is 0 Å². The average molecular weight is 236 g/mol. The molecule has 0 aromatic carbocycles. The van der Waals surface area contributed by atoms with Gasteiger partial charge in [-0.15, -0.1) is 0 Å². The molecule has 1 aromatic rings. The van der Waals surface area contributed by atoms with Gasteiger partial charge in [0.25, 0.3) is 0 Å². The third-order valence-corrected chi connectivity index (χ3v) is 3.02. The van der Waals surface area contributed by atoms with Crippen molar-refractivity contribution in [1.82, 2.24) is 9.97 Å². The maximum atomic E-state index is 5.74. The summed E-state index contributed by atoms with van der Waals surface area (Å²) < 4.78 is 5.28.